The highest BCUT2D eigenvalue weighted by atomic mass is 35.5. The molecule has 1 aliphatic carbocycles. The molecule has 2 amide bonds. The molecule has 40 heavy (non-hydrogen) atoms. The molecule has 212 valence electrons. The molecule has 0 spiro atoms. The number of benzene rings is 3. The van der Waals surface area contributed by atoms with Crippen molar-refractivity contribution in [2.75, 3.05) is 17.1 Å². The second-order valence-electron chi connectivity index (χ2n) is 10.4. The van der Waals surface area contributed by atoms with E-state index in [-0.39, 0.29) is 24.9 Å². The molecule has 0 aliphatic heterocycles. The van der Waals surface area contributed by atoms with Crippen molar-refractivity contribution < 1.29 is 18.0 Å². The van der Waals surface area contributed by atoms with Crippen LogP contribution in [0.15, 0.2) is 78.9 Å². The van der Waals surface area contributed by atoms with Gasteiger partial charge in [0.25, 0.3) is 0 Å². The minimum absolute atomic E-state index is 0.0551. The fourth-order valence-electron chi connectivity index (χ4n) is 5.13. The van der Waals surface area contributed by atoms with Crippen LogP contribution in [0.4, 0.5) is 5.69 Å². The molecule has 7 nitrogen and oxygen atoms in total. The van der Waals surface area contributed by atoms with Crippen molar-refractivity contribution in [3.8, 4) is 0 Å². The maximum Gasteiger partial charge on any atom is 0.244 e. The van der Waals surface area contributed by atoms with Crippen LogP contribution in [-0.2, 0) is 32.6 Å². The number of amides is 2. The van der Waals surface area contributed by atoms with Crippen LogP contribution in [0.3, 0.4) is 0 Å². The lowest BCUT2D eigenvalue weighted by atomic mass is 10.0. The van der Waals surface area contributed by atoms with Gasteiger partial charge < -0.3 is 10.2 Å². The molecule has 0 saturated heterocycles. The molecule has 0 unspecified atom stereocenters. The number of carbonyl (C=O) groups is 2. The Morgan fingerprint density at radius 3 is 2.30 bits per heavy atom. The Balaban J connectivity index is 1.73. The first-order valence-corrected chi connectivity index (χ1v) is 15.8. The van der Waals surface area contributed by atoms with Crippen molar-refractivity contribution >= 4 is 39.1 Å². The van der Waals surface area contributed by atoms with E-state index in [9.17, 15) is 18.0 Å². The Bertz CT molecular complexity index is 1430. The summed E-state index contributed by atoms with van der Waals surface area (Å²) in [5, 5.41) is 3.63. The first kappa shape index (κ1) is 29.6. The Morgan fingerprint density at radius 1 is 0.975 bits per heavy atom. The van der Waals surface area contributed by atoms with E-state index in [1.54, 1.807) is 30.3 Å². The molecule has 0 heterocycles. The van der Waals surface area contributed by atoms with Crippen LogP contribution in [0.25, 0.3) is 0 Å². The SMILES string of the molecule is Cc1cccc(N(CC(=O)N(Cc2ccccc2Cl)[C@@H](Cc2ccccc2)C(=O)NC2CCCC2)S(C)(=O)=O)c1. The van der Waals surface area contributed by atoms with Crippen molar-refractivity contribution in [3.63, 3.8) is 0 Å². The zero-order valence-corrected chi connectivity index (χ0v) is 24.5. The predicted molar refractivity (Wildman–Crippen MR) is 160 cm³/mol. The number of sulfonamides is 1. The number of nitrogens with one attached hydrogen (secondary N) is 1. The van der Waals surface area contributed by atoms with Crippen LogP contribution in [-0.4, -0.2) is 50.0 Å². The van der Waals surface area contributed by atoms with E-state index in [1.165, 1.54) is 4.90 Å². The van der Waals surface area contributed by atoms with Gasteiger partial charge in [-0.25, -0.2) is 8.42 Å². The summed E-state index contributed by atoms with van der Waals surface area (Å²) < 4.78 is 26.9. The number of halogens is 1. The van der Waals surface area contributed by atoms with E-state index in [0.29, 0.717) is 16.3 Å². The first-order valence-electron chi connectivity index (χ1n) is 13.5. The van der Waals surface area contributed by atoms with E-state index in [0.717, 1.165) is 47.4 Å². The standard InChI is InChI=1S/C31H36ClN3O4S/c1-23-11-10-17-27(19-23)35(40(2,38)39)22-30(36)34(21-25-14-6-9-18-28(25)32)29(20-24-12-4-3-5-13-24)31(37)33-26-15-7-8-16-26/h3-6,9-14,17-19,26,29H,7-8,15-16,20-22H2,1-2H3,(H,33,37)/t29-/m0/s1. The third-order valence-electron chi connectivity index (χ3n) is 7.24. The quantitative estimate of drug-likeness (QED) is 0.341. The van der Waals surface area contributed by atoms with Gasteiger partial charge in [0.2, 0.25) is 21.8 Å². The average molecular weight is 582 g/mol. The smallest absolute Gasteiger partial charge is 0.244 e. The van der Waals surface area contributed by atoms with Crippen molar-refractivity contribution in [2.45, 2.75) is 57.7 Å². The summed E-state index contributed by atoms with van der Waals surface area (Å²) in [7, 11) is -3.81. The summed E-state index contributed by atoms with van der Waals surface area (Å²) in [5.41, 5.74) is 2.82. The van der Waals surface area contributed by atoms with Crippen LogP contribution in [0.1, 0.15) is 42.4 Å². The monoisotopic (exact) mass is 581 g/mol. The van der Waals surface area contributed by atoms with Gasteiger partial charge in [-0.2, -0.15) is 0 Å². The van der Waals surface area contributed by atoms with Crippen LogP contribution in [0.5, 0.6) is 0 Å². The number of aryl methyl sites for hydroxylation is 1. The highest BCUT2D eigenvalue weighted by Gasteiger charge is 2.34. The minimum atomic E-state index is -3.81. The molecule has 9 heteroatoms. The Morgan fingerprint density at radius 2 is 1.65 bits per heavy atom. The molecule has 3 aromatic rings. The molecule has 0 bridgehead atoms. The van der Waals surface area contributed by atoms with Gasteiger partial charge in [0.05, 0.1) is 11.9 Å². The van der Waals surface area contributed by atoms with Gasteiger partial charge in [0, 0.05) is 24.0 Å². The highest BCUT2D eigenvalue weighted by Crippen LogP contribution is 2.24. The maximum atomic E-state index is 14.1. The van der Waals surface area contributed by atoms with Crippen LogP contribution < -0.4 is 9.62 Å². The minimum Gasteiger partial charge on any atom is -0.352 e. The van der Waals surface area contributed by atoms with Gasteiger partial charge in [0.15, 0.2) is 0 Å². The normalized spacial score (nSPS) is 14.5. The molecule has 1 fully saturated rings. The predicted octanol–water partition coefficient (Wildman–Crippen LogP) is 5.11. The van der Waals surface area contributed by atoms with E-state index < -0.39 is 28.5 Å². The second kappa shape index (κ2) is 13.3. The van der Waals surface area contributed by atoms with Gasteiger partial charge in [-0.1, -0.05) is 85.1 Å². The zero-order chi connectivity index (χ0) is 28.7. The number of nitrogens with zero attached hydrogens (tertiary/aromatic N) is 2. The number of hydrogen-bond acceptors (Lipinski definition) is 4. The van der Waals surface area contributed by atoms with Gasteiger partial charge in [0.1, 0.15) is 12.6 Å². The van der Waals surface area contributed by atoms with Gasteiger partial charge in [-0.15, -0.1) is 0 Å². The van der Waals surface area contributed by atoms with Crippen molar-refractivity contribution in [3.05, 3.63) is 101 Å². The molecular formula is C31H36ClN3O4S. The van der Waals surface area contributed by atoms with E-state index in [4.69, 9.17) is 11.6 Å². The Kier molecular flexibility index (Phi) is 9.87. The summed E-state index contributed by atoms with van der Waals surface area (Å²) in [4.78, 5) is 29.5. The number of carbonyl (C=O) groups excluding carboxylic acids is 2. The molecule has 0 radical (unpaired) electrons. The zero-order valence-electron chi connectivity index (χ0n) is 22.9. The van der Waals surface area contributed by atoms with Crippen LogP contribution >= 0.6 is 11.6 Å². The lowest BCUT2D eigenvalue weighted by molar-refractivity contribution is -0.140. The average Bonchev–Trinajstić information content (AvgIpc) is 3.43. The van der Waals surface area contributed by atoms with Gasteiger partial charge in [-0.05, 0) is 54.7 Å². The third kappa shape index (κ3) is 7.86. The molecule has 1 aliphatic rings. The molecule has 1 N–H and O–H groups in total. The van der Waals surface area contributed by atoms with Crippen LogP contribution in [0, 0.1) is 6.92 Å². The van der Waals surface area contributed by atoms with Crippen molar-refractivity contribution in [1.29, 1.82) is 0 Å². The van der Waals surface area contributed by atoms with Crippen LogP contribution in [0.2, 0.25) is 5.02 Å². The first-order chi connectivity index (χ1) is 19.1. The van der Waals surface area contributed by atoms with Crippen molar-refractivity contribution in [2.24, 2.45) is 0 Å². The fourth-order valence-corrected chi connectivity index (χ4v) is 6.17. The topological polar surface area (TPSA) is 86.8 Å². The summed E-state index contributed by atoms with van der Waals surface area (Å²) in [6.45, 7) is 1.47. The molecule has 3 aromatic carbocycles. The summed E-state index contributed by atoms with van der Waals surface area (Å²) in [6, 6.07) is 22.9. The van der Waals surface area contributed by atoms with E-state index in [2.05, 4.69) is 5.32 Å². The lowest BCUT2D eigenvalue weighted by Gasteiger charge is -2.34. The summed E-state index contributed by atoms with van der Waals surface area (Å²) in [5.74, 6) is -0.744. The third-order valence-corrected chi connectivity index (χ3v) is 8.75. The summed E-state index contributed by atoms with van der Waals surface area (Å²) in [6.07, 6.45) is 5.26. The van der Waals surface area contributed by atoms with E-state index in [1.807, 2.05) is 55.5 Å². The molecule has 4 rings (SSSR count). The van der Waals surface area contributed by atoms with Crippen molar-refractivity contribution in [1.82, 2.24) is 10.2 Å². The molecule has 0 aromatic heterocycles. The van der Waals surface area contributed by atoms with Gasteiger partial charge >= 0.3 is 0 Å². The highest BCUT2D eigenvalue weighted by molar-refractivity contribution is 7.92. The fraction of sp³-hybridized carbons (Fsp3) is 0.355. The van der Waals surface area contributed by atoms with E-state index >= 15 is 0 Å². The number of hydrogen-bond donors (Lipinski definition) is 1. The molecule has 1 atom stereocenters. The lowest BCUT2D eigenvalue weighted by Crippen LogP contribution is -2.54. The Hall–Kier alpha value is -3.36. The maximum absolute atomic E-state index is 14.1. The largest absolute Gasteiger partial charge is 0.352 e. The van der Waals surface area contributed by atoms with Gasteiger partial charge in [-0.3, -0.25) is 13.9 Å². The molecule has 1 saturated carbocycles. The summed E-state index contributed by atoms with van der Waals surface area (Å²) >= 11 is 6.50. The number of anilines is 1. The Labute approximate surface area is 242 Å². The number of rotatable bonds is 11. The molecular weight excluding hydrogens is 546 g/mol. The second-order valence-corrected chi connectivity index (χ2v) is 12.7.